The van der Waals surface area contributed by atoms with Gasteiger partial charge in [0.25, 0.3) is 0 Å². The molecule has 0 heterocycles. The van der Waals surface area contributed by atoms with Crippen molar-refractivity contribution in [3.05, 3.63) is 12.2 Å². The maximum Gasteiger partial charge on any atom is 0.472 e. The number of phosphoric ester groups is 1. The van der Waals surface area contributed by atoms with Crippen LogP contribution in [0.2, 0.25) is 0 Å². The summed E-state index contributed by atoms with van der Waals surface area (Å²) in [7, 11) is -4.61. The summed E-state index contributed by atoms with van der Waals surface area (Å²) in [5.74, 6) is -0.917. The van der Waals surface area contributed by atoms with Crippen molar-refractivity contribution in [3.63, 3.8) is 0 Å². The molecule has 0 rings (SSSR count). The zero-order valence-electron chi connectivity index (χ0n) is 34.7. The van der Waals surface area contributed by atoms with Crippen LogP contribution in [-0.2, 0) is 32.7 Å². The molecule has 0 aliphatic rings. The Kier molecular flexibility index (Phi) is 39.0. The molecular formula is C43H83O10P. The fourth-order valence-electron chi connectivity index (χ4n) is 6.22. The molecule has 0 aromatic carbocycles. The van der Waals surface area contributed by atoms with E-state index in [1.165, 1.54) is 135 Å². The Balaban J connectivity index is 4.23. The minimum atomic E-state index is -4.61. The van der Waals surface area contributed by atoms with Gasteiger partial charge in [-0.05, 0) is 38.5 Å². The highest BCUT2D eigenvalue weighted by atomic mass is 31.2. The number of carbonyl (C=O) groups excluding carboxylic acids is 2. The van der Waals surface area contributed by atoms with E-state index in [2.05, 4.69) is 30.5 Å². The largest absolute Gasteiger partial charge is 0.472 e. The zero-order chi connectivity index (χ0) is 39.8. The first kappa shape index (κ1) is 52.7. The molecule has 0 aliphatic heterocycles. The molecular weight excluding hydrogens is 707 g/mol. The van der Waals surface area contributed by atoms with E-state index in [1.54, 1.807) is 0 Å². The average molecular weight is 791 g/mol. The molecule has 3 unspecified atom stereocenters. The van der Waals surface area contributed by atoms with Gasteiger partial charge in [-0.2, -0.15) is 0 Å². The number of ether oxygens (including phenoxy) is 2. The third-order valence-corrected chi connectivity index (χ3v) is 10.6. The fraction of sp³-hybridized carbons (Fsp3) is 0.907. The lowest BCUT2D eigenvalue weighted by atomic mass is 10.0. The molecule has 320 valence electrons. The molecule has 0 radical (unpaired) electrons. The van der Waals surface area contributed by atoms with Crippen molar-refractivity contribution in [1.29, 1.82) is 0 Å². The molecule has 0 spiro atoms. The smallest absolute Gasteiger partial charge is 0.462 e. The molecule has 0 saturated heterocycles. The van der Waals surface area contributed by atoms with Gasteiger partial charge in [0.2, 0.25) is 0 Å². The molecule has 0 bridgehead atoms. The lowest BCUT2D eigenvalue weighted by molar-refractivity contribution is -0.161. The summed E-state index contributed by atoms with van der Waals surface area (Å²) in [5, 5.41) is 18.3. The first-order valence-electron chi connectivity index (χ1n) is 22.1. The van der Waals surface area contributed by atoms with Crippen LogP contribution in [0.5, 0.6) is 0 Å². The summed E-state index contributed by atoms with van der Waals surface area (Å²) in [6.07, 6.45) is 37.5. The van der Waals surface area contributed by atoms with Crippen molar-refractivity contribution in [2.24, 2.45) is 0 Å². The predicted octanol–water partition coefficient (Wildman–Crippen LogP) is 11.6. The number of hydrogen-bond donors (Lipinski definition) is 3. The molecule has 11 heteroatoms. The molecule has 54 heavy (non-hydrogen) atoms. The number of esters is 2. The topological polar surface area (TPSA) is 149 Å². The molecule has 0 amide bonds. The second kappa shape index (κ2) is 39.9. The monoisotopic (exact) mass is 791 g/mol. The molecule has 3 atom stereocenters. The number of allylic oxidation sites excluding steroid dienone is 2. The van der Waals surface area contributed by atoms with Crippen LogP contribution >= 0.6 is 7.82 Å². The molecule has 0 fully saturated rings. The van der Waals surface area contributed by atoms with Gasteiger partial charge < -0.3 is 24.6 Å². The number of carbonyl (C=O) groups is 2. The third kappa shape index (κ3) is 39.0. The van der Waals surface area contributed by atoms with Gasteiger partial charge in [-0.15, -0.1) is 0 Å². The first-order valence-corrected chi connectivity index (χ1v) is 23.6. The number of unbranched alkanes of at least 4 members (excludes halogenated alkanes) is 26. The highest BCUT2D eigenvalue weighted by Gasteiger charge is 2.27. The summed E-state index contributed by atoms with van der Waals surface area (Å²) in [5.41, 5.74) is 0. The number of hydrogen-bond acceptors (Lipinski definition) is 9. The van der Waals surface area contributed by atoms with E-state index < -0.39 is 51.8 Å². The first-order chi connectivity index (χ1) is 26.2. The van der Waals surface area contributed by atoms with E-state index in [0.717, 1.165) is 38.5 Å². The lowest BCUT2D eigenvalue weighted by Gasteiger charge is -2.20. The van der Waals surface area contributed by atoms with E-state index in [1.807, 2.05) is 0 Å². The van der Waals surface area contributed by atoms with Crippen molar-refractivity contribution < 1.29 is 47.8 Å². The Morgan fingerprint density at radius 2 is 0.907 bits per heavy atom. The number of rotatable bonds is 42. The van der Waals surface area contributed by atoms with Gasteiger partial charge >= 0.3 is 19.8 Å². The van der Waals surface area contributed by atoms with Crippen LogP contribution in [0.1, 0.15) is 213 Å². The van der Waals surface area contributed by atoms with Crippen molar-refractivity contribution >= 4 is 19.8 Å². The van der Waals surface area contributed by atoms with E-state index >= 15 is 0 Å². The fourth-order valence-corrected chi connectivity index (χ4v) is 7.01. The van der Waals surface area contributed by atoms with Crippen LogP contribution in [0, 0.1) is 0 Å². The Morgan fingerprint density at radius 1 is 0.537 bits per heavy atom. The summed E-state index contributed by atoms with van der Waals surface area (Å²) in [6.45, 7) is 2.39. The van der Waals surface area contributed by atoms with Gasteiger partial charge in [-0.1, -0.05) is 174 Å². The maximum absolute atomic E-state index is 12.6. The summed E-state index contributed by atoms with van der Waals surface area (Å²) < 4.78 is 32.7. The van der Waals surface area contributed by atoms with E-state index in [-0.39, 0.29) is 19.4 Å². The minimum Gasteiger partial charge on any atom is -0.462 e. The Labute approximate surface area is 330 Å². The van der Waals surface area contributed by atoms with Crippen molar-refractivity contribution in [2.45, 2.75) is 225 Å². The SMILES string of the molecule is CCCCCCCC/C=C\CCCCCCCCCCCC(=O)OC(COC(=O)CCCCCCCCCCCCCC)COP(=O)(O)OCC(O)CO. The zero-order valence-corrected chi connectivity index (χ0v) is 35.6. The molecule has 3 N–H and O–H groups in total. The number of aliphatic hydroxyl groups is 2. The van der Waals surface area contributed by atoms with Crippen molar-refractivity contribution in [3.8, 4) is 0 Å². The number of aliphatic hydroxyl groups excluding tert-OH is 2. The third-order valence-electron chi connectivity index (χ3n) is 9.67. The van der Waals surface area contributed by atoms with Crippen LogP contribution in [0.15, 0.2) is 12.2 Å². The average Bonchev–Trinajstić information content (AvgIpc) is 3.16. The van der Waals surface area contributed by atoms with E-state index in [4.69, 9.17) is 19.1 Å². The Morgan fingerprint density at radius 3 is 1.33 bits per heavy atom. The molecule has 0 aromatic heterocycles. The molecule has 0 aliphatic carbocycles. The van der Waals surface area contributed by atoms with Gasteiger partial charge in [-0.25, -0.2) is 4.57 Å². The van der Waals surface area contributed by atoms with Crippen LogP contribution in [-0.4, -0.2) is 65.7 Å². The van der Waals surface area contributed by atoms with Crippen LogP contribution in [0.4, 0.5) is 0 Å². The Bertz CT molecular complexity index is 915. The predicted molar refractivity (Wildman–Crippen MR) is 219 cm³/mol. The second-order valence-corrected chi connectivity index (χ2v) is 16.5. The molecule has 0 aromatic rings. The lowest BCUT2D eigenvalue weighted by Crippen LogP contribution is -2.29. The molecule has 10 nitrogen and oxygen atoms in total. The number of phosphoric acid groups is 1. The highest BCUT2D eigenvalue weighted by molar-refractivity contribution is 7.47. The second-order valence-electron chi connectivity index (χ2n) is 15.1. The summed E-state index contributed by atoms with van der Waals surface area (Å²) in [4.78, 5) is 35.0. The summed E-state index contributed by atoms with van der Waals surface area (Å²) in [6, 6.07) is 0. The Hall–Kier alpha value is -1.29. The normalized spacial score (nSPS) is 13.9. The maximum atomic E-state index is 12.6. The van der Waals surface area contributed by atoms with E-state index in [0.29, 0.717) is 12.8 Å². The quantitative estimate of drug-likeness (QED) is 0.0236. The minimum absolute atomic E-state index is 0.186. The van der Waals surface area contributed by atoms with Gasteiger partial charge in [0.05, 0.1) is 19.8 Å². The van der Waals surface area contributed by atoms with Gasteiger partial charge in [0.1, 0.15) is 12.7 Å². The standard InChI is InChI=1S/C43H83O10P/c1-3-5-7-9-11-13-15-17-18-19-20-21-22-23-25-27-29-31-33-35-43(47)53-41(39-52-54(48,49)51-37-40(45)36-44)38-50-42(46)34-32-30-28-26-24-16-14-12-10-8-6-4-2/h17-18,40-41,44-45H,3-16,19-39H2,1-2H3,(H,48,49)/b18-17-. The van der Waals surface area contributed by atoms with Gasteiger partial charge in [-0.3, -0.25) is 18.6 Å². The molecule has 0 saturated carbocycles. The summed E-state index contributed by atoms with van der Waals surface area (Å²) >= 11 is 0. The van der Waals surface area contributed by atoms with Crippen molar-refractivity contribution in [2.75, 3.05) is 26.4 Å². The van der Waals surface area contributed by atoms with Gasteiger partial charge in [0, 0.05) is 12.8 Å². The van der Waals surface area contributed by atoms with Crippen LogP contribution < -0.4 is 0 Å². The van der Waals surface area contributed by atoms with Gasteiger partial charge in [0.15, 0.2) is 6.10 Å². The van der Waals surface area contributed by atoms with E-state index in [9.17, 15) is 24.2 Å². The van der Waals surface area contributed by atoms with Crippen molar-refractivity contribution in [1.82, 2.24) is 0 Å². The van der Waals surface area contributed by atoms with Crippen LogP contribution in [0.3, 0.4) is 0 Å². The van der Waals surface area contributed by atoms with Crippen LogP contribution in [0.25, 0.3) is 0 Å². The highest BCUT2D eigenvalue weighted by Crippen LogP contribution is 2.43.